The number of nitrogens with two attached hydrogens (primary N) is 1. The Morgan fingerprint density at radius 2 is 2.29 bits per heavy atom. The van der Waals surface area contributed by atoms with E-state index in [1.54, 1.807) is 0 Å². The Morgan fingerprint density at radius 1 is 1.64 bits per heavy atom. The van der Waals surface area contributed by atoms with Gasteiger partial charge in [-0.3, -0.25) is 4.79 Å². The summed E-state index contributed by atoms with van der Waals surface area (Å²) in [6.45, 7) is 2.10. The molecule has 1 fully saturated rings. The van der Waals surface area contributed by atoms with Crippen LogP contribution in [0.1, 0.15) is 39.0 Å². The Balaban J connectivity index is 2.37. The van der Waals surface area contributed by atoms with Crippen molar-refractivity contribution in [3.8, 4) is 0 Å². The third-order valence-corrected chi connectivity index (χ3v) is 3.00. The number of aliphatic hydroxyl groups excluding tert-OH is 1. The van der Waals surface area contributed by atoms with Crippen LogP contribution >= 0.6 is 0 Å². The Labute approximate surface area is 84.9 Å². The zero-order chi connectivity index (χ0) is 10.6. The number of carbonyl (C=O) groups excluding carboxylic acids is 1. The van der Waals surface area contributed by atoms with Gasteiger partial charge in [0.1, 0.15) is 0 Å². The highest BCUT2D eigenvalue weighted by atomic mass is 16.3. The van der Waals surface area contributed by atoms with Crippen molar-refractivity contribution in [2.24, 2.45) is 5.73 Å². The van der Waals surface area contributed by atoms with Crippen molar-refractivity contribution in [1.29, 1.82) is 0 Å². The molecule has 0 aromatic carbocycles. The molecule has 1 unspecified atom stereocenters. The van der Waals surface area contributed by atoms with Crippen molar-refractivity contribution in [2.45, 2.75) is 50.6 Å². The van der Waals surface area contributed by atoms with Gasteiger partial charge < -0.3 is 16.2 Å². The molecule has 4 N–H and O–H groups in total. The SMILES string of the molecule is CCC(CCO)NC(=O)C1(N)CCC1. The fourth-order valence-corrected chi connectivity index (χ4v) is 1.65. The summed E-state index contributed by atoms with van der Waals surface area (Å²) < 4.78 is 0. The topological polar surface area (TPSA) is 75.3 Å². The van der Waals surface area contributed by atoms with E-state index < -0.39 is 5.54 Å². The van der Waals surface area contributed by atoms with Gasteiger partial charge in [0.05, 0.1) is 5.54 Å². The first-order valence-electron chi connectivity index (χ1n) is 5.33. The van der Waals surface area contributed by atoms with Gasteiger partial charge in [-0.15, -0.1) is 0 Å². The van der Waals surface area contributed by atoms with E-state index in [-0.39, 0.29) is 18.6 Å². The summed E-state index contributed by atoms with van der Waals surface area (Å²) in [7, 11) is 0. The van der Waals surface area contributed by atoms with E-state index in [4.69, 9.17) is 10.8 Å². The predicted molar refractivity (Wildman–Crippen MR) is 54.7 cm³/mol. The van der Waals surface area contributed by atoms with Crippen molar-refractivity contribution >= 4 is 5.91 Å². The van der Waals surface area contributed by atoms with Crippen molar-refractivity contribution < 1.29 is 9.90 Å². The lowest BCUT2D eigenvalue weighted by Crippen LogP contribution is -2.60. The van der Waals surface area contributed by atoms with Gasteiger partial charge >= 0.3 is 0 Å². The van der Waals surface area contributed by atoms with E-state index in [1.165, 1.54) is 0 Å². The molecule has 1 aliphatic carbocycles. The average Bonchev–Trinajstić information content (AvgIpc) is 2.13. The Morgan fingerprint density at radius 3 is 2.64 bits per heavy atom. The van der Waals surface area contributed by atoms with Crippen LogP contribution in [0.25, 0.3) is 0 Å². The van der Waals surface area contributed by atoms with Crippen LogP contribution in [0.4, 0.5) is 0 Å². The second-order valence-electron chi connectivity index (χ2n) is 4.10. The lowest BCUT2D eigenvalue weighted by Gasteiger charge is -2.37. The standard InChI is InChI=1S/C10H20N2O2/c1-2-8(4-7-13)12-9(14)10(11)5-3-6-10/h8,13H,2-7,11H2,1H3,(H,12,14). The molecule has 14 heavy (non-hydrogen) atoms. The molecule has 0 aromatic rings. The van der Waals surface area contributed by atoms with E-state index in [9.17, 15) is 4.79 Å². The zero-order valence-corrected chi connectivity index (χ0v) is 8.75. The summed E-state index contributed by atoms with van der Waals surface area (Å²) >= 11 is 0. The van der Waals surface area contributed by atoms with Gasteiger partial charge in [-0.1, -0.05) is 6.92 Å². The van der Waals surface area contributed by atoms with Crippen LogP contribution in [0.5, 0.6) is 0 Å². The van der Waals surface area contributed by atoms with E-state index in [0.717, 1.165) is 25.7 Å². The van der Waals surface area contributed by atoms with Crippen molar-refractivity contribution in [1.82, 2.24) is 5.32 Å². The summed E-state index contributed by atoms with van der Waals surface area (Å²) in [6.07, 6.45) is 4.06. The molecule has 82 valence electrons. The number of amides is 1. The van der Waals surface area contributed by atoms with Crippen LogP contribution < -0.4 is 11.1 Å². The summed E-state index contributed by atoms with van der Waals surface area (Å²) in [5, 5.41) is 11.7. The number of aliphatic hydroxyl groups is 1. The number of nitrogens with one attached hydrogen (secondary N) is 1. The largest absolute Gasteiger partial charge is 0.396 e. The summed E-state index contributed by atoms with van der Waals surface area (Å²) in [6, 6.07) is 0.0634. The Hall–Kier alpha value is -0.610. The molecule has 1 aliphatic rings. The van der Waals surface area contributed by atoms with Gasteiger partial charge in [0.25, 0.3) is 0 Å². The minimum Gasteiger partial charge on any atom is -0.396 e. The first-order valence-corrected chi connectivity index (χ1v) is 5.33. The molecule has 4 nitrogen and oxygen atoms in total. The highest BCUT2D eigenvalue weighted by molar-refractivity contribution is 5.87. The summed E-state index contributed by atoms with van der Waals surface area (Å²) in [5.74, 6) is -0.0518. The van der Waals surface area contributed by atoms with Crippen molar-refractivity contribution in [3.05, 3.63) is 0 Å². The number of carbonyl (C=O) groups is 1. The highest BCUT2D eigenvalue weighted by Gasteiger charge is 2.40. The van der Waals surface area contributed by atoms with Crippen LogP contribution in [-0.2, 0) is 4.79 Å². The predicted octanol–water partition coefficient (Wildman–Crippen LogP) is 0.145. The fraction of sp³-hybridized carbons (Fsp3) is 0.900. The minimum absolute atomic E-state index is 0.0518. The molecule has 1 rings (SSSR count). The van der Waals surface area contributed by atoms with E-state index in [0.29, 0.717) is 6.42 Å². The van der Waals surface area contributed by atoms with Crippen LogP contribution in [0.2, 0.25) is 0 Å². The molecule has 0 saturated heterocycles. The Bertz CT molecular complexity index is 202. The maximum Gasteiger partial charge on any atom is 0.240 e. The number of hydrogen-bond donors (Lipinski definition) is 3. The van der Waals surface area contributed by atoms with Crippen LogP contribution in [0.3, 0.4) is 0 Å². The second-order valence-corrected chi connectivity index (χ2v) is 4.10. The van der Waals surface area contributed by atoms with Gasteiger partial charge in [-0.05, 0) is 32.1 Å². The molecular weight excluding hydrogens is 180 g/mol. The van der Waals surface area contributed by atoms with E-state index in [1.807, 2.05) is 6.92 Å². The van der Waals surface area contributed by atoms with Gasteiger partial charge in [-0.25, -0.2) is 0 Å². The molecule has 0 bridgehead atoms. The van der Waals surface area contributed by atoms with Gasteiger partial charge in [0, 0.05) is 12.6 Å². The number of rotatable bonds is 5. The zero-order valence-electron chi connectivity index (χ0n) is 8.75. The van der Waals surface area contributed by atoms with Gasteiger partial charge in [0.15, 0.2) is 0 Å². The second kappa shape index (κ2) is 4.75. The van der Waals surface area contributed by atoms with Crippen molar-refractivity contribution in [3.63, 3.8) is 0 Å². The molecular formula is C10H20N2O2. The molecule has 1 atom stereocenters. The molecule has 0 radical (unpaired) electrons. The van der Waals surface area contributed by atoms with Crippen LogP contribution in [0.15, 0.2) is 0 Å². The minimum atomic E-state index is -0.622. The highest BCUT2D eigenvalue weighted by Crippen LogP contribution is 2.29. The quantitative estimate of drug-likeness (QED) is 0.591. The summed E-state index contributed by atoms with van der Waals surface area (Å²) in [4.78, 5) is 11.7. The normalized spacial score (nSPS) is 21.1. The average molecular weight is 200 g/mol. The first-order chi connectivity index (χ1) is 6.62. The van der Waals surface area contributed by atoms with E-state index in [2.05, 4.69) is 5.32 Å². The summed E-state index contributed by atoms with van der Waals surface area (Å²) in [5.41, 5.74) is 5.25. The molecule has 1 amide bonds. The first kappa shape index (κ1) is 11.5. The molecule has 4 heteroatoms. The third kappa shape index (κ3) is 2.45. The monoisotopic (exact) mass is 200 g/mol. The fourth-order valence-electron chi connectivity index (χ4n) is 1.65. The molecule has 0 spiro atoms. The lowest BCUT2D eigenvalue weighted by molar-refractivity contribution is -0.130. The Kier molecular flexibility index (Phi) is 3.89. The van der Waals surface area contributed by atoms with Crippen molar-refractivity contribution in [2.75, 3.05) is 6.61 Å². The van der Waals surface area contributed by atoms with Gasteiger partial charge in [-0.2, -0.15) is 0 Å². The number of hydrogen-bond acceptors (Lipinski definition) is 3. The maximum atomic E-state index is 11.7. The molecule has 0 aromatic heterocycles. The maximum absolute atomic E-state index is 11.7. The lowest BCUT2D eigenvalue weighted by atomic mass is 9.77. The smallest absolute Gasteiger partial charge is 0.240 e. The van der Waals surface area contributed by atoms with E-state index >= 15 is 0 Å². The van der Waals surface area contributed by atoms with Gasteiger partial charge in [0.2, 0.25) is 5.91 Å². The van der Waals surface area contributed by atoms with Crippen LogP contribution in [-0.4, -0.2) is 29.2 Å². The molecule has 0 aliphatic heterocycles. The molecule has 0 heterocycles. The third-order valence-electron chi connectivity index (χ3n) is 3.00. The molecule has 1 saturated carbocycles. The van der Waals surface area contributed by atoms with Crippen LogP contribution in [0, 0.1) is 0 Å².